The van der Waals surface area contributed by atoms with Crippen LogP contribution in [0.1, 0.15) is 73.5 Å². The van der Waals surface area contributed by atoms with E-state index in [2.05, 4.69) is 25.9 Å². The number of amides is 2. The van der Waals surface area contributed by atoms with Gasteiger partial charge in [-0.15, -0.1) is 0 Å². The maximum Gasteiger partial charge on any atom is 0.272 e. The molecule has 1 aromatic heterocycles. The highest BCUT2D eigenvalue weighted by Crippen LogP contribution is 2.41. The Bertz CT molecular complexity index is 1010. The number of carbonyl (C=O) groups is 2. The normalized spacial score (nSPS) is 18.1. The van der Waals surface area contributed by atoms with E-state index in [-0.39, 0.29) is 22.6 Å². The van der Waals surface area contributed by atoms with Crippen molar-refractivity contribution in [1.82, 2.24) is 19.6 Å². The second kappa shape index (κ2) is 8.84. The lowest BCUT2D eigenvalue weighted by Crippen LogP contribution is -2.44. The number of aromatic nitrogens is 2. The fourth-order valence-electron chi connectivity index (χ4n) is 4.94. The van der Waals surface area contributed by atoms with Gasteiger partial charge in [0.15, 0.2) is 0 Å². The van der Waals surface area contributed by atoms with Crippen LogP contribution >= 0.6 is 0 Å². The molecule has 2 aromatic rings. The minimum absolute atomic E-state index is 0.0604. The lowest BCUT2D eigenvalue weighted by molar-refractivity contribution is 0.0563. The summed E-state index contributed by atoms with van der Waals surface area (Å²) in [5, 5.41) is 4.57. The van der Waals surface area contributed by atoms with E-state index in [4.69, 9.17) is 4.74 Å². The monoisotopic (exact) mass is 452 g/mol. The van der Waals surface area contributed by atoms with Crippen molar-refractivity contribution in [3.05, 3.63) is 47.3 Å². The number of nitrogens with zero attached hydrogens (tertiary/aromatic N) is 4. The number of carbonyl (C=O) groups excluding carboxylic acids is 2. The molecule has 7 heteroatoms. The Morgan fingerprint density at radius 1 is 1.00 bits per heavy atom. The van der Waals surface area contributed by atoms with Crippen molar-refractivity contribution >= 4 is 11.8 Å². The fraction of sp³-hybridized carbons (Fsp3) is 0.577. The Hall–Kier alpha value is -2.83. The van der Waals surface area contributed by atoms with Crippen LogP contribution in [0.4, 0.5) is 0 Å². The first-order valence-corrected chi connectivity index (χ1v) is 12.0. The van der Waals surface area contributed by atoms with Crippen molar-refractivity contribution < 1.29 is 14.3 Å². The van der Waals surface area contributed by atoms with Crippen LogP contribution in [0.25, 0.3) is 0 Å². The Morgan fingerprint density at radius 3 is 2.15 bits per heavy atom. The average Bonchev–Trinajstić information content (AvgIpc) is 3.38. The van der Waals surface area contributed by atoms with Gasteiger partial charge in [-0.25, -0.2) is 0 Å². The molecule has 0 radical (unpaired) electrons. The zero-order valence-electron chi connectivity index (χ0n) is 20.6. The first kappa shape index (κ1) is 23.3. The second-order valence-electron chi connectivity index (χ2n) is 10.5. The molecule has 2 fully saturated rings. The molecular weight excluding hydrogens is 416 g/mol. The quantitative estimate of drug-likeness (QED) is 0.706. The maximum atomic E-state index is 13.3. The molecule has 2 amide bonds. The molecule has 7 nitrogen and oxygen atoms in total. The van der Waals surface area contributed by atoms with Gasteiger partial charge in [0.1, 0.15) is 11.4 Å². The molecule has 0 unspecified atom stereocenters. The van der Waals surface area contributed by atoms with E-state index in [0.29, 0.717) is 17.9 Å². The van der Waals surface area contributed by atoms with Gasteiger partial charge in [-0.3, -0.25) is 14.3 Å². The number of aryl methyl sites for hydroxylation is 1. The number of hydrogen-bond acceptors (Lipinski definition) is 4. The van der Waals surface area contributed by atoms with E-state index in [1.807, 2.05) is 54.1 Å². The Balaban J connectivity index is 1.36. The number of likely N-dealkylation sites (tertiary alicyclic amines) is 2. The van der Waals surface area contributed by atoms with Crippen molar-refractivity contribution in [2.75, 3.05) is 32.8 Å². The molecule has 2 aliphatic heterocycles. The van der Waals surface area contributed by atoms with Gasteiger partial charge < -0.3 is 14.5 Å². The van der Waals surface area contributed by atoms with Gasteiger partial charge in [0.05, 0.1) is 12.3 Å². The summed E-state index contributed by atoms with van der Waals surface area (Å²) in [5.41, 5.74) is 2.30. The first-order valence-electron chi connectivity index (χ1n) is 12.0. The topological polar surface area (TPSA) is 67.7 Å². The summed E-state index contributed by atoms with van der Waals surface area (Å²) >= 11 is 0. The highest BCUT2D eigenvalue weighted by Gasteiger charge is 2.43. The van der Waals surface area contributed by atoms with Crippen LogP contribution in [0.15, 0.2) is 30.3 Å². The molecule has 178 valence electrons. The smallest absolute Gasteiger partial charge is 0.272 e. The SMILES string of the molecule is CCOc1ccc(C(=O)N2CCC3(CC2)CCN(C(=O)c2cc(C(C)(C)C)nn2C)C3)cc1. The number of hydrogen-bond donors (Lipinski definition) is 0. The van der Waals surface area contributed by atoms with Gasteiger partial charge in [0, 0.05) is 44.2 Å². The fourth-order valence-corrected chi connectivity index (χ4v) is 4.94. The number of piperidine rings is 1. The van der Waals surface area contributed by atoms with Gasteiger partial charge in [-0.1, -0.05) is 20.8 Å². The standard InChI is InChI=1S/C26H36N4O3/c1-6-33-20-9-7-19(8-10-20)23(31)29-14-11-26(12-15-29)13-16-30(18-26)24(32)21-17-22(25(2,3)4)27-28(21)5/h7-10,17H,6,11-16,18H2,1-5H3. The summed E-state index contributed by atoms with van der Waals surface area (Å²) in [5.74, 6) is 0.916. The average molecular weight is 453 g/mol. The van der Waals surface area contributed by atoms with Gasteiger partial charge in [-0.2, -0.15) is 5.10 Å². The van der Waals surface area contributed by atoms with E-state index in [1.165, 1.54) is 0 Å². The molecule has 0 N–H and O–H groups in total. The van der Waals surface area contributed by atoms with E-state index >= 15 is 0 Å². The van der Waals surface area contributed by atoms with Gasteiger partial charge >= 0.3 is 0 Å². The summed E-state index contributed by atoms with van der Waals surface area (Å²) in [6.07, 6.45) is 2.85. The van der Waals surface area contributed by atoms with Crippen molar-refractivity contribution in [3.8, 4) is 5.75 Å². The molecule has 0 bridgehead atoms. The zero-order chi connectivity index (χ0) is 23.8. The van der Waals surface area contributed by atoms with Crippen LogP contribution in [0.5, 0.6) is 5.75 Å². The van der Waals surface area contributed by atoms with E-state index < -0.39 is 0 Å². The number of rotatable bonds is 4. The molecular formula is C26H36N4O3. The van der Waals surface area contributed by atoms with Gasteiger partial charge in [-0.05, 0) is 61.9 Å². The minimum Gasteiger partial charge on any atom is -0.494 e. The molecule has 33 heavy (non-hydrogen) atoms. The third kappa shape index (κ3) is 4.77. The predicted molar refractivity (Wildman–Crippen MR) is 128 cm³/mol. The summed E-state index contributed by atoms with van der Waals surface area (Å²) in [4.78, 5) is 30.1. The van der Waals surface area contributed by atoms with Gasteiger partial charge in [0.2, 0.25) is 0 Å². The zero-order valence-corrected chi connectivity index (χ0v) is 20.6. The van der Waals surface area contributed by atoms with Crippen LogP contribution < -0.4 is 4.74 Å². The molecule has 2 aliphatic rings. The van der Waals surface area contributed by atoms with Crippen molar-refractivity contribution in [2.24, 2.45) is 12.5 Å². The van der Waals surface area contributed by atoms with Crippen LogP contribution in [-0.2, 0) is 12.5 Å². The third-order valence-electron chi connectivity index (χ3n) is 7.12. The molecule has 0 aliphatic carbocycles. The van der Waals surface area contributed by atoms with E-state index in [1.54, 1.807) is 4.68 Å². The molecule has 1 aromatic carbocycles. The summed E-state index contributed by atoms with van der Waals surface area (Å²) in [6.45, 7) is 11.9. The lowest BCUT2D eigenvalue weighted by atomic mass is 9.77. The van der Waals surface area contributed by atoms with Crippen LogP contribution in [0, 0.1) is 5.41 Å². The Kier molecular flexibility index (Phi) is 6.25. The first-order chi connectivity index (χ1) is 15.6. The summed E-state index contributed by atoms with van der Waals surface area (Å²) < 4.78 is 7.19. The molecule has 1 spiro atoms. The van der Waals surface area contributed by atoms with Gasteiger partial charge in [0.25, 0.3) is 11.8 Å². The highest BCUT2D eigenvalue weighted by molar-refractivity contribution is 5.94. The minimum atomic E-state index is -0.0920. The third-order valence-corrected chi connectivity index (χ3v) is 7.12. The second-order valence-corrected chi connectivity index (χ2v) is 10.5. The summed E-state index contributed by atoms with van der Waals surface area (Å²) in [7, 11) is 1.85. The molecule has 3 heterocycles. The maximum absolute atomic E-state index is 13.3. The predicted octanol–water partition coefficient (Wildman–Crippen LogP) is 3.88. The Morgan fingerprint density at radius 2 is 1.61 bits per heavy atom. The highest BCUT2D eigenvalue weighted by atomic mass is 16.5. The Labute approximate surface area is 196 Å². The molecule has 2 saturated heterocycles. The molecule has 4 rings (SSSR count). The van der Waals surface area contributed by atoms with Crippen LogP contribution in [-0.4, -0.2) is 64.2 Å². The van der Waals surface area contributed by atoms with Crippen molar-refractivity contribution in [2.45, 2.75) is 52.4 Å². The van der Waals surface area contributed by atoms with Crippen LogP contribution in [0.2, 0.25) is 0 Å². The summed E-state index contributed by atoms with van der Waals surface area (Å²) in [6, 6.07) is 9.32. The molecule has 0 saturated carbocycles. The van der Waals surface area contributed by atoms with E-state index in [9.17, 15) is 9.59 Å². The molecule has 0 atom stereocenters. The van der Waals surface area contributed by atoms with Crippen LogP contribution in [0.3, 0.4) is 0 Å². The van der Waals surface area contributed by atoms with Crippen molar-refractivity contribution in [1.29, 1.82) is 0 Å². The lowest BCUT2D eigenvalue weighted by Gasteiger charge is -2.39. The van der Waals surface area contributed by atoms with Crippen molar-refractivity contribution in [3.63, 3.8) is 0 Å². The largest absolute Gasteiger partial charge is 0.494 e. The van der Waals surface area contributed by atoms with E-state index in [0.717, 1.165) is 56.9 Å². The number of ether oxygens (including phenoxy) is 1. The number of benzene rings is 1.